The van der Waals surface area contributed by atoms with Crippen LogP contribution < -0.4 is 5.32 Å². The molecule has 0 spiro atoms. The Morgan fingerprint density at radius 2 is 1.92 bits per heavy atom. The second kappa shape index (κ2) is 6.24. The normalized spacial score (nSPS) is 15.7. The lowest BCUT2D eigenvalue weighted by atomic mass is 10.0. The Morgan fingerprint density at radius 1 is 1.33 bits per heavy atom. The van der Waals surface area contributed by atoms with Gasteiger partial charge >= 0.3 is 0 Å². The third-order valence-corrected chi connectivity index (χ3v) is 2.67. The first-order valence-corrected chi connectivity index (χ1v) is 5.01. The van der Waals surface area contributed by atoms with Gasteiger partial charge in [-0.3, -0.25) is 0 Å². The van der Waals surface area contributed by atoms with E-state index in [2.05, 4.69) is 39.6 Å². The highest BCUT2D eigenvalue weighted by Gasteiger charge is 2.08. The summed E-state index contributed by atoms with van der Waals surface area (Å²) in [6.45, 7) is 13.9. The van der Waals surface area contributed by atoms with Crippen LogP contribution in [-0.4, -0.2) is 12.6 Å². The van der Waals surface area contributed by atoms with Crippen molar-refractivity contribution < 1.29 is 0 Å². The molecule has 2 atom stereocenters. The van der Waals surface area contributed by atoms with Gasteiger partial charge in [0.05, 0.1) is 0 Å². The van der Waals surface area contributed by atoms with Crippen LogP contribution in [0.15, 0.2) is 12.2 Å². The first-order valence-electron chi connectivity index (χ1n) is 5.01. The zero-order chi connectivity index (χ0) is 9.56. The summed E-state index contributed by atoms with van der Waals surface area (Å²) in [5.41, 5.74) is 1.30. The van der Waals surface area contributed by atoms with Crippen molar-refractivity contribution in [2.75, 3.05) is 6.54 Å². The molecule has 0 bridgehead atoms. The van der Waals surface area contributed by atoms with Crippen molar-refractivity contribution in [1.82, 2.24) is 5.32 Å². The summed E-state index contributed by atoms with van der Waals surface area (Å²) in [5.74, 6) is 0.759. The fourth-order valence-electron chi connectivity index (χ4n) is 0.985. The molecule has 0 rings (SSSR count). The molecule has 0 radical (unpaired) electrons. The molecule has 0 saturated carbocycles. The van der Waals surface area contributed by atoms with Crippen molar-refractivity contribution in [3.8, 4) is 0 Å². The highest BCUT2D eigenvalue weighted by Crippen LogP contribution is 2.07. The summed E-state index contributed by atoms with van der Waals surface area (Å²) in [4.78, 5) is 0. The van der Waals surface area contributed by atoms with Crippen molar-refractivity contribution in [1.29, 1.82) is 0 Å². The highest BCUT2D eigenvalue weighted by molar-refractivity contribution is 4.95. The van der Waals surface area contributed by atoms with Gasteiger partial charge in [-0.25, -0.2) is 0 Å². The van der Waals surface area contributed by atoms with Crippen LogP contribution in [0.25, 0.3) is 0 Å². The monoisotopic (exact) mass is 169 g/mol. The minimum absolute atomic E-state index is 0.610. The maximum atomic E-state index is 3.97. The topological polar surface area (TPSA) is 12.0 Å². The Balaban J connectivity index is 3.56. The minimum Gasteiger partial charge on any atom is -0.310 e. The number of nitrogens with one attached hydrogen (secondary N) is 1. The van der Waals surface area contributed by atoms with E-state index in [1.807, 2.05) is 0 Å². The highest BCUT2D eigenvalue weighted by atomic mass is 14.9. The average molecular weight is 169 g/mol. The molecule has 0 aromatic rings. The van der Waals surface area contributed by atoms with Gasteiger partial charge in [0.15, 0.2) is 0 Å². The fourth-order valence-corrected chi connectivity index (χ4v) is 0.985. The van der Waals surface area contributed by atoms with Gasteiger partial charge in [-0.2, -0.15) is 0 Å². The molecule has 0 aliphatic heterocycles. The van der Waals surface area contributed by atoms with Gasteiger partial charge in [-0.05, 0) is 19.3 Å². The molecule has 12 heavy (non-hydrogen) atoms. The number of rotatable bonds is 6. The van der Waals surface area contributed by atoms with Gasteiger partial charge in [0, 0.05) is 12.6 Å². The fraction of sp³-hybridized carbons (Fsp3) is 0.818. The largest absolute Gasteiger partial charge is 0.310 e. The van der Waals surface area contributed by atoms with Gasteiger partial charge < -0.3 is 5.32 Å². The zero-order valence-electron chi connectivity index (χ0n) is 8.98. The molecule has 0 saturated heterocycles. The van der Waals surface area contributed by atoms with Crippen LogP contribution in [0.4, 0.5) is 0 Å². The first kappa shape index (κ1) is 11.7. The van der Waals surface area contributed by atoms with E-state index in [9.17, 15) is 0 Å². The van der Waals surface area contributed by atoms with Crippen molar-refractivity contribution in [2.24, 2.45) is 5.92 Å². The van der Waals surface area contributed by atoms with Crippen LogP contribution in [0.5, 0.6) is 0 Å². The molecule has 0 fully saturated rings. The number of hydrogen-bond donors (Lipinski definition) is 1. The molecule has 0 heterocycles. The van der Waals surface area contributed by atoms with Crippen molar-refractivity contribution in [3.05, 3.63) is 12.2 Å². The molecule has 0 aromatic heterocycles. The van der Waals surface area contributed by atoms with Crippen molar-refractivity contribution in [2.45, 2.75) is 46.6 Å². The van der Waals surface area contributed by atoms with Crippen LogP contribution in [-0.2, 0) is 0 Å². The summed E-state index contributed by atoms with van der Waals surface area (Å²) >= 11 is 0. The molecule has 1 nitrogen and oxygen atoms in total. The molecular weight excluding hydrogens is 146 g/mol. The van der Waals surface area contributed by atoms with E-state index >= 15 is 0 Å². The Kier molecular flexibility index (Phi) is 6.09. The third-order valence-electron chi connectivity index (χ3n) is 2.67. The molecular formula is C11H23N. The lowest BCUT2D eigenvalue weighted by Crippen LogP contribution is -2.33. The standard InChI is InChI=1S/C11H23N/c1-6-9(3)8-12-11(5)10(4)7-2/h10-12H,3,6-8H2,1-2,4-5H3. The summed E-state index contributed by atoms with van der Waals surface area (Å²) in [7, 11) is 0. The van der Waals surface area contributed by atoms with Crippen molar-refractivity contribution in [3.63, 3.8) is 0 Å². The molecule has 2 unspecified atom stereocenters. The van der Waals surface area contributed by atoms with Crippen molar-refractivity contribution >= 4 is 0 Å². The van der Waals surface area contributed by atoms with Gasteiger partial charge in [-0.1, -0.05) is 39.3 Å². The Morgan fingerprint density at radius 3 is 2.33 bits per heavy atom. The maximum absolute atomic E-state index is 3.97. The maximum Gasteiger partial charge on any atom is 0.0164 e. The molecule has 0 amide bonds. The SMILES string of the molecule is C=C(CC)CNC(C)C(C)CC. The van der Waals surface area contributed by atoms with Gasteiger partial charge in [-0.15, -0.1) is 0 Å². The second-order valence-corrected chi connectivity index (χ2v) is 3.66. The summed E-state index contributed by atoms with van der Waals surface area (Å²) in [6.07, 6.45) is 2.33. The smallest absolute Gasteiger partial charge is 0.0164 e. The number of hydrogen-bond acceptors (Lipinski definition) is 1. The quantitative estimate of drug-likeness (QED) is 0.603. The van der Waals surface area contributed by atoms with E-state index in [1.54, 1.807) is 0 Å². The predicted octanol–water partition coefficient (Wildman–Crippen LogP) is 2.98. The third kappa shape index (κ3) is 4.55. The van der Waals surface area contributed by atoms with E-state index in [0.29, 0.717) is 6.04 Å². The molecule has 0 aliphatic rings. The van der Waals surface area contributed by atoms with E-state index in [0.717, 1.165) is 18.9 Å². The molecule has 1 N–H and O–H groups in total. The predicted molar refractivity (Wildman–Crippen MR) is 56.4 cm³/mol. The average Bonchev–Trinajstić information content (AvgIpc) is 2.11. The van der Waals surface area contributed by atoms with Crippen LogP contribution in [0.1, 0.15) is 40.5 Å². The summed E-state index contributed by atoms with van der Waals surface area (Å²) < 4.78 is 0. The minimum atomic E-state index is 0.610. The Bertz CT molecular complexity index is 129. The van der Waals surface area contributed by atoms with E-state index in [4.69, 9.17) is 0 Å². The first-order chi connectivity index (χ1) is 5.61. The lowest BCUT2D eigenvalue weighted by molar-refractivity contribution is 0.400. The Hall–Kier alpha value is -0.300. The van der Waals surface area contributed by atoms with Gasteiger partial charge in [0.2, 0.25) is 0 Å². The molecule has 0 aromatic carbocycles. The zero-order valence-corrected chi connectivity index (χ0v) is 8.98. The van der Waals surface area contributed by atoms with Crippen LogP contribution in [0.3, 0.4) is 0 Å². The van der Waals surface area contributed by atoms with E-state index in [1.165, 1.54) is 12.0 Å². The Labute approximate surface area is 77.2 Å². The molecule has 0 aliphatic carbocycles. The second-order valence-electron chi connectivity index (χ2n) is 3.66. The van der Waals surface area contributed by atoms with Crippen LogP contribution >= 0.6 is 0 Å². The van der Waals surface area contributed by atoms with E-state index in [-0.39, 0.29) is 0 Å². The van der Waals surface area contributed by atoms with Gasteiger partial charge in [0.25, 0.3) is 0 Å². The summed E-state index contributed by atoms with van der Waals surface area (Å²) in [5, 5.41) is 3.48. The van der Waals surface area contributed by atoms with E-state index < -0.39 is 0 Å². The van der Waals surface area contributed by atoms with Gasteiger partial charge in [0.1, 0.15) is 0 Å². The molecule has 72 valence electrons. The molecule has 1 heteroatoms. The summed E-state index contributed by atoms with van der Waals surface area (Å²) in [6, 6.07) is 0.610. The lowest BCUT2D eigenvalue weighted by Gasteiger charge is -2.20. The van der Waals surface area contributed by atoms with Crippen LogP contribution in [0.2, 0.25) is 0 Å². The van der Waals surface area contributed by atoms with Crippen LogP contribution in [0, 0.1) is 5.92 Å².